The highest BCUT2D eigenvalue weighted by Crippen LogP contribution is 2.31. The van der Waals surface area contributed by atoms with Gasteiger partial charge in [0.15, 0.2) is 0 Å². The normalized spacial score (nSPS) is 21.2. The zero-order valence-corrected chi connectivity index (χ0v) is 12.7. The van der Waals surface area contributed by atoms with Crippen molar-refractivity contribution in [3.8, 4) is 0 Å². The van der Waals surface area contributed by atoms with Gasteiger partial charge in [0.25, 0.3) is 5.69 Å². The number of halogens is 1. The Bertz CT molecular complexity index is 481. The summed E-state index contributed by atoms with van der Waals surface area (Å²) in [6.07, 6.45) is -0.0902. The van der Waals surface area contributed by atoms with E-state index in [1.807, 2.05) is 17.9 Å². The fraction of sp³-hybridized carbons (Fsp3) is 0.500. The molecule has 1 aliphatic heterocycles. The molecule has 2 N–H and O–H groups in total. The predicted octanol–water partition coefficient (Wildman–Crippen LogP) is 1.75. The number of nitrogens with zero attached hydrogens (tertiary/aromatic N) is 2. The lowest BCUT2D eigenvalue weighted by atomic mass is 10.1. The molecule has 2 atom stereocenters. The van der Waals surface area contributed by atoms with Gasteiger partial charge in [-0.05, 0) is 41.6 Å². The third-order valence-corrected chi connectivity index (χ3v) is 3.83. The molecule has 0 bridgehead atoms. The molecule has 1 aromatic rings. The first-order valence-corrected chi connectivity index (χ1v) is 7.13. The second-order valence-corrected chi connectivity index (χ2v) is 5.85. The van der Waals surface area contributed by atoms with Gasteiger partial charge >= 0.3 is 0 Å². The predicted molar refractivity (Wildman–Crippen MR) is 81.4 cm³/mol. The standard InChI is InChI=1S/C12H16IN3O3/c1-8(14)12-7-15(4-5-19-12)10-3-2-9(13)6-11(10)16(17)18/h2-3,6,8,12H,4-5,7,14H2,1H3. The largest absolute Gasteiger partial charge is 0.373 e. The molecule has 0 radical (unpaired) electrons. The SMILES string of the molecule is CC(N)C1CN(c2ccc(I)cc2[N+](=O)[O-])CCO1. The third-order valence-electron chi connectivity index (χ3n) is 3.15. The van der Waals surface area contributed by atoms with Crippen LogP contribution < -0.4 is 10.6 Å². The van der Waals surface area contributed by atoms with Crippen LogP contribution in [0.4, 0.5) is 11.4 Å². The summed E-state index contributed by atoms with van der Waals surface area (Å²) in [7, 11) is 0. The van der Waals surface area contributed by atoms with Crippen molar-refractivity contribution in [1.82, 2.24) is 0 Å². The lowest BCUT2D eigenvalue weighted by Crippen LogP contribution is -2.49. The van der Waals surface area contributed by atoms with Crippen molar-refractivity contribution in [2.75, 3.05) is 24.6 Å². The summed E-state index contributed by atoms with van der Waals surface area (Å²) in [6.45, 7) is 3.65. The van der Waals surface area contributed by atoms with Gasteiger partial charge in [-0.3, -0.25) is 10.1 Å². The summed E-state index contributed by atoms with van der Waals surface area (Å²) in [4.78, 5) is 12.8. The minimum absolute atomic E-state index is 0.0902. The maximum absolute atomic E-state index is 11.2. The summed E-state index contributed by atoms with van der Waals surface area (Å²) < 4.78 is 6.43. The third kappa shape index (κ3) is 3.34. The fourth-order valence-corrected chi connectivity index (χ4v) is 2.60. The number of nitro groups is 1. The van der Waals surface area contributed by atoms with Crippen LogP contribution in [0.3, 0.4) is 0 Å². The van der Waals surface area contributed by atoms with Crippen LogP contribution in [0.2, 0.25) is 0 Å². The minimum atomic E-state index is -0.339. The van der Waals surface area contributed by atoms with E-state index in [0.29, 0.717) is 25.4 Å². The zero-order chi connectivity index (χ0) is 14.0. The van der Waals surface area contributed by atoms with Crippen LogP contribution in [0, 0.1) is 13.7 Å². The van der Waals surface area contributed by atoms with Gasteiger partial charge in [0.2, 0.25) is 0 Å². The highest BCUT2D eigenvalue weighted by atomic mass is 127. The Labute approximate surface area is 125 Å². The molecule has 1 aromatic carbocycles. The molecular formula is C12H16IN3O3. The second-order valence-electron chi connectivity index (χ2n) is 4.60. The summed E-state index contributed by atoms with van der Waals surface area (Å²) in [5, 5.41) is 11.2. The molecule has 19 heavy (non-hydrogen) atoms. The number of benzene rings is 1. The van der Waals surface area contributed by atoms with Gasteiger partial charge in [0.1, 0.15) is 5.69 Å². The minimum Gasteiger partial charge on any atom is -0.373 e. The van der Waals surface area contributed by atoms with Crippen LogP contribution in [0.25, 0.3) is 0 Å². The zero-order valence-electron chi connectivity index (χ0n) is 10.6. The van der Waals surface area contributed by atoms with Gasteiger partial charge in [-0.25, -0.2) is 0 Å². The van der Waals surface area contributed by atoms with E-state index in [4.69, 9.17) is 10.5 Å². The van der Waals surface area contributed by atoms with E-state index < -0.39 is 0 Å². The number of anilines is 1. The van der Waals surface area contributed by atoms with Gasteiger partial charge in [0, 0.05) is 28.8 Å². The number of ether oxygens (including phenoxy) is 1. The number of nitrogens with two attached hydrogens (primary N) is 1. The van der Waals surface area contributed by atoms with E-state index >= 15 is 0 Å². The van der Waals surface area contributed by atoms with Crippen molar-refractivity contribution in [3.63, 3.8) is 0 Å². The van der Waals surface area contributed by atoms with E-state index in [1.54, 1.807) is 12.1 Å². The van der Waals surface area contributed by atoms with Crippen molar-refractivity contribution in [2.24, 2.45) is 5.73 Å². The Morgan fingerprint density at radius 2 is 2.37 bits per heavy atom. The van der Waals surface area contributed by atoms with E-state index in [0.717, 1.165) is 3.57 Å². The van der Waals surface area contributed by atoms with Crippen LogP contribution >= 0.6 is 22.6 Å². The van der Waals surface area contributed by atoms with Gasteiger partial charge in [-0.15, -0.1) is 0 Å². The molecule has 104 valence electrons. The van der Waals surface area contributed by atoms with Crippen molar-refractivity contribution in [1.29, 1.82) is 0 Å². The number of nitro benzene ring substituents is 1. The average molecular weight is 377 g/mol. The lowest BCUT2D eigenvalue weighted by molar-refractivity contribution is -0.384. The Hall–Kier alpha value is -0.930. The summed E-state index contributed by atoms with van der Waals surface area (Å²) in [5.74, 6) is 0. The molecule has 0 aromatic heterocycles. The topological polar surface area (TPSA) is 81.6 Å². The van der Waals surface area contributed by atoms with Crippen molar-refractivity contribution in [3.05, 3.63) is 31.9 Å². The molecule has 1 aliphatic rings. The molecule has 0 aliphatic carbocycles. The monoisotopic (exact) mass is 377 g/mol. The smallest absolute Gasteiger partial charge is 0.293 e. The van der Waals surface area contributed by atoms with Crippen molar-refractivity contribution >= 4 is 34.0 Å². The number of rotatable bonds is 3. The Balaban J connectivity index is 2.28. The van der Waals surface area contributed by atoms with Crippen LogP contribution in [-0.4, -0.2) is 36.8 Å². The number of hydrogen-bond acceptors (Lipinski definition) is 5. The maximum atomic E-state index is 11.2. The summed E-state index contributed by atoms with van der Waals surface area (Å²) in [5.41, 5.74) is 6.62. The quantitative estimate of drug-likeness (QED) is 0.493. The molecule has 1 heterocycles. The highest BCUT2D eigenvalue weighted by Gasteiger charge is 2.27. The lowest BCUT2D eigenvalue weighted by Gasteiger charge is -2.35. The van der Waals surface area contributed by atoms with E-state index in [1.165, 1.54) is 0 Å². The first kappa shape index (κ1) is 14.5. The molecule has 0 spiro atoms. The number of morpholine rings is 1. The van der Waals surface area contributed by atoms with Crippen molar-refractivity contribution < 1.29 is 9.66 Å². The summed E-state index contributed by atoms with van der Waals surface area (Å²) >= 11 is 2.07. The molecule has 2 rings (SSSR count). The molecule has 0 amide bonds. The molecule has 1 saturated heterocycles. The molecule has 6 nitrogen and oxygen atoms in total. The Morgan fingerprint density at radius 1 is 1.63 bits per heavy atom. The molecular weight excluding hydrogens is 361 g/mol. The first-order valence-electron chi connectivity index (χ1n) is 6.05. The van der Waals surface area contributed by atoms with Crippen LogP contribution in [0.5, 0.6) is 0 Å². The van der Waals surface area contributed by atoms with Crippen LogP contribution in [0.1, 0.15) is 6.92 Å². The molecule has 0 saturated carbocycles. The average Bonchev–Trinajstić information content (AvgIpc) is 2.38. The Morgan fingerprint density at radius 3 is 3.00 bits per heavy atom. The van der Waals surface area contributed by atoms with Gasteiger partial charge in [0.05, 0.1) is 17.6 Å². The fourth-order valence-electron chi connectivity index (χ4n) is 2.12. The van der Waals surface area contributed by atoms with Crippen LogP contribution in [-0.2, 0) is 4.74 Å². The molecule has 1 fully saturated rings. The number of hydrogen-bond donors (Lipinski definition) is 1. The highest BCUT2D eigenvalue weighted by molar-refractivity contribution is 14.1. The van der Waals surface area contributed by atoms with Crippen molar-refractivity contribution in [2.45, 2.75) is 19.1 Å². The van der Waals surface area contributed by atoms with E-state index in [-0.39, 0.29) is 22.8 Å². The van der Waals surface area contributed by atoms with Gasteiger partial charge in [-0.1, -0.05) is 0 Å². The molecule has 7 heteroatoms. The molecule has 2 unspecified atom stereocenters. The van der Waals surface area contributed by atoms with Gasteiger partial charge < -0.3 is 15.4 Å². The Kier molecular flexibility index (Phi) is 4.58. The second kappa shape index (κ2) is 6.02. The summed E-state index contributed by atoms with van der Waals surface area (Å²) in [6, 6.07) is 5.17. The van der Waals surface area contributed by atoms with E-state index in [2.05, 4.69) is 22.6 Å². The van der Waals surface area contributed by atoms with Gasteiger partial charge in [-0.2, -0.15) is 0 Å². The first-order chi connectivity index (χ1) is 8.99. The maximum Gasteiger partial charge on any atom is 0.293 e. The van der Waals surface area contributed by atoms with E-state index in [9.17, 15) is 10.1 Å². The van der Waals surface area contributed by atoms with Crippen LogP contribution in [0.15, 0.2) is 18.2 Å².